The second kappa shape index (κ2) is 10.3. The molecule has 0 unspecified atom stereocenters. The van der Waals surface area contributed by atoms with Gasteiger partial charge in [-0.3, -0.25) is 0 Å². The molecule has 0 bridgehead atoms. The quantitative estimate of drug-likeness (QED) is 0.206. The Kier molecular flexibility index (Phi) is 6.68. The van der Waals surface area contributed by atoms with Crippen LogP contribution in [0.5, 0.6) is 5.75 Å². The highest BCUT2D eigenvalue weighted by Gasteiger charge is 2.13. The van der Waals surface area contributed by atoms with E-state index in [1.165, 1.54) is 75.8 Å². The van der Waals surface area contributed by atoms with Crippen LogP contribution in [-0.4, -0.2) is 7.11 Å². The van der Waals surface area contributed by atoms with Crippen LogP contribution in [0, 0.1) is 6.92 Å². The van der Waals surface area contributed by atoms with Crippen molar-refractivity contribution in [2.45, 2.75) is 40.5 Å². The van der Waals surface area contributed by atoms with Crippen LogP contribution in [0.3, 0.4) is 0 Å². The van der Waals surface area contributed by atoms with Crippen molar-refractivity contribution in [2.75, 3.05) is 7.11 Å². The molecule has 0 amide bonds. The van der Waals surface area contributed by atoms with E-state index < -0.39 is 0 Å². The predicted octanol–water partition coefficient (Wildman–Crippen LogP) is 11.6. The Morgan fingerprint density at radius 3 is 1.55 bits per heavy atom. The lowest BCUT2D eigenvalue weighted by Gasteiger charge is -2.15. The minimum absolute atomic E-state index is 0.560. The molecular weight excluding hydrogens is 484 g/mol. The van der Waals surface area contributed by atoms with Crippen LogP contribution >= 0.6 is 0 Å². The maximum atomic E-state index is 5.50. The molecule has 0 spiro atoms. The van der Waals surface area contributed by atoms with E-state index in [4.69, 9.17) is 4.74 Å². The van der Waals surface area contributed by atoms with Gasteiger partial charge in [-0.2, -0.15) is 0 Å². The fourth-order valence-electron chi connectivity index (χ4n) is 6.36. The number of benzene rings is 8. The third-order valence-electron chi connectivity index (χ3n) is 8.25. The Bertz CT molecular complexity index is 2080. The summed E-state index contributed by atoms with van der Waals surface area (Å²) in [6, 6.07) is 37.5. The minimum Gasteiger partial charge on any atom is -0.496 e. The number of rotatable bonds is 2. The zero-order chi connectivity index (χ0) is 28.0. The van der Waals surface area contributed by atoms with Crippen LogP contribution in [0.2, 0.25) is 0 Å². The van der Waals surface area contributed by atoms with Crippen molar-refractivity contribution >= 4 is 64.6 Å². The number of ether oxygens (including phenoxy) is 1. The number of aryl methyl sites for hydroxylation is 1. The molecule has 0 aromatic heterocycles. The van der Waals surface area contributed by atoms with Gasteiger partial charge in [0.2, 0.25) is 0 Å². The van der Waals surface area contributed by atoms with Crippen LogP contribution in [0.25, 0.3) is 64.6 Å². The van der Waals surface area contributed by atoms with Gasteiger partial charge in [0.1, 0.15) is 5.75 Å². The lowest BCUT2D eigenvalue weighted by atomic mass is 9.89. The van der Waals surface area contributed by atoms with Gasteiger partial charge >= 0.3 is 0 Å². The molecule has 0 N–H and O–H groups in total. The molecule has 0 aliphatic carbocycles. The molecule has 0 aliphatic heterocycles. The van der Waals surface area contributed by atoms with Gasteiger partial charge < -0.3 is 4.74 Å². The second-order valence-corrected chi connectivity index (χ2v) is 10.7. The minimum atomic E-state index is 0.560. The molecule has 0 heterocycles. The molecule has 0 atom stereocenters. The average Bonchev–Trinajstić information content (AvgIpc) is 3.00. The fourth-order valence-corrected chi connectivity index (χ4v) is 6.36. The number of hydrogen-bond acceptors (Lipinski definition) is 1. The van der Waals surface area contributed by atoms with E-state index in [-0.39, 0.29) is 0 Å². The van der Waals surface area contributed by atoms with Gasteiger partial charge in [0.25, 0.3) is 0 Å². The highest BCUT2D eigenvalue weighted by Crippen LogP contribution is 2.40. The van der Waals surface area contributed by atoms with Gasteiger partial charge in [-0.15, -0.1) is 0 Å². The molecule has 198 valence electrons. The Morgan fingerprint density at radius 2 is 0.925 bits per heavy atom. The molecular formula is C39H36O. The summed E-state index contributed by atoms with van der Waals surface area (Å²) in [7, 11) is 1.73. The van der Waals surface area contributed by atoms with Crippen LogP contribution in [0.1, 0.15) is 44.7 Å². The monoisotopic (exact) mass is 520 g/mol. The van der Waals surface area contributed by atoms with Gasteiger partial charge in [0, 0.05) is 10.8 Å². The summed E-state index contributed by atoms with van der Waals surface area (Å²) in [4.78, 5) is 0. The van der Waals surface area contributed by atoms with Crippen molar-refractivity contribution in [1.29, 1.82) is 0 Å². The lowest BCUT2D eigenvalue weighted by molar-refractivity contribution is 0.420. The Hall–Kier alpha value is -4.36. The van der Waals surface area contributed by atoms with Crippen LogP contribution in [-0.2, 0) is 0 Å². The van der Waals surface area contributed by atoms with Gasteiger partial charge in [0.05, 0.1) is 7.11 Å². The van der Waals surface area contributed by atoms with E-state index in [9.17, 15) is 0 Å². The Morgan fingerprint density at radius 1 is 0.475 bits per heavy atom. The third kappa shape index (κ3) is 4.00. The maximum Gasteiger partial charge on any atom is 0.126 e. The van der Waals surface area contributed by atoms with Gasteiger partial charge in [-0.05, 0) is 90.0 Å². The molecule has 8 rings (SSSR count). The molecule has 0 fully saturated rings. The summed E-state index contributed by atoms with van der Waals surface area (Å²) >= 11 is 0. The SMILES string of the molecule is CC.CC(C)c1ccc2ccc3cccc4ccc1c2c34.COc1ccc2ccc3ccc(C)c4ccc1c2c34. The molecule has 8 aromatic rings. The van der Waals surface area contributed by atoms with Crippen molar-refractivity contribution in [2.24, 2.45) is 0 Å². The predicted molar refractivity (Wildman–Crippen MR) is 177 cm³/mol. The Balaban J connectivity index is 0.000000136. The summed E-state index contributed by atoms with van der Waals surface area (Å²) in [6.07, 6.45) is 0. The molecule has 40 heavy (non-hydrogen) atoms. The standard InChI is InChI=1S/C19H16.C18H14O.C2H6/c1-12(2)16-10-8-15-7-6-13-4-3-5-14-9-11-17(16)19(15)18(13)14;1-11-3-4-12-5-6-13-7-10-16(19-2)15-9-8-14(11)17(12)18(13)15;1-2/h3-12H,1-2H3;3-10H,1-2H3;1-2H3. The number of hydrogen-bond donors (Lipinski definition) is 0. The van der Waals surface area contributed by atoms with Crippen LogP contribution in [0.4, 0.5) is 0 Å². The first-order valence-corrected chi connectivity index (χ1v) is 14.4. The van der Waals surface area contributed by atoms with Crippen LogP contribution in [0.15, 0.2) is 103 Å². The molecule has 8 aromatic carbocycles. The highest BCUT2D eigenvalue weighted by atomic mass is 16.5. The second-order valence-electron chi connectivity index (χ2n) is 10.7. The van der Waals surface area contributed by atoms with E-state index in [1.807, 2.05) is 13.8 Å². The lowest BCUT2D eigenvalue weighted by Crippen LogP contribution is -1.91. The van der Waals surface area contributed by atoms with E-state index in [0.717, 1.165) is 5.75 Å². The fraction of sp³-hybridized carbons (Fsp3) is 0.179. The first-order valence-electron chi connectivity index (χ1n) is 14.4. The first-order chi connectivity index (χ1) is 19.5. The maximum absolute atomic E-state index is 5.50. The van der Waals surface area contributed by atoms with Crippen molar-refractivity contribution in [1.82, 2.24) is 0 Å². The summed E-state index contributed by atoms with van der Waals surface area (Å²) in [5, 5.41) is 16.1. The van der Waals surface area contributed by atoms with Crippen molar-refractivity contribution < 1.29 is 4.74 Å². The van der Waals surface area contributed by atoms with Gasteiger partial charge in [-0.25, -0.2) is 0 Å². The molecule has 0 saturated carbocycles. The normalized spacial score (nSPS) is 11.5. The van der Waals surface area contributed by atoms with E-state index in [1.54, 1.807) is 7.11 Å². The number of methoxy groups -OCH3 is 1. The summed E-state index contributed by atoms with van der Waals surface area (Å²) in [5.74, 6) is 1.51. The van der Waals surface area contributed by atoms with Crippen molar-refractivity contribution in [3.63, 3.8) is 0 Å². The topological polar surface area (TPSA) is 9.23 Å². The van der Waals surface area contributed by atoms with Gasteiger partial charge in [0.15, 0.2) is 0 Å². The van der Waals surface area contributed by atoms with E-state index in [0.29, 0.717) is 5.92 Å². The third-order valence-corrected chi connectivity index (χ3v) is 8.25. The molecule has 1 nitrogen and oxygen atoms in total. The summed E-state index contributed by atoms with van der Waals surface area (Å²) in [6.45, 7) is 10.7. The first kappa shape index (κ1) is 25.9. The van der Waals surface area contributed by atoms with E-state index in [2.05, 4.69) is 124 Å². The largest absolute Gasteiger partial charge is 0.496 e. The Labute approximate surface area is 236 Å². The highest BCUT2D eigenvalue weighted by molar-refractivity contribution is 6.25. The van der Waals surface area contributed by atoms with E-state index >= 15 is 0 Å². The average molecular weight is 521 g/mol. The van der Waals surface area contributed by atoms with Crippen molar-refractivity contribution in [3.8, 4) is 5.75 Å². The smallest absolute Gasteiger partial charge is 0.126 e. The molecule has 1 heteroatoms. The van der Waals surface area contributed by atoms with Crippen molar-refractivity contribution in [3.05, 3.63) is 114 Å². The van der Waals surface area contributed by atoms with Gasteiger partial charge in [-0.1, -0.05) is 119 Å². The zero-order valence-electron chi connectivity index (χ0n) is 24.3. The molecule has 0 radical (unpaired) electrons. The van der Waals surface area contributed by atoms with Crippen LogP contribution < -0.4 is 4.74 Å². The molecule has 0 saturated heterocycles. The zero-order valence-corrected chi connectivity index (χ0v) is 24.3. The summed E-state index contributed by atoms with van der Waals surface area (Å²) in [5.41, 5.74) is 2.77. The summed E-state index contributed by atoms with van der Waals surface area (Å²) < 4.78 is 5.50. The molecule has 0 aliphatic rings.